The van der Waals surface area contributed by atoms with E-state index in [1.54, 1.807) is 11.3 Å². The average Bonchev–Trinajstić information content (AvgIpc) is 3.20. The molecule has 0 saturated carbocycles. The van der Waals surface area contributed by atoms with Gasteiger partial charge in [0.2, 0.25) is 5.91 Å². The van der Waals surface area contributed by atoms with Crippen LogP contribution in [-0.4, -0.2) is 34.1 Å². The molecule has 1 saturated heterocycles. The Morgan fingerprint density at radius 2 is 2.43 bits per heavy atom. The molecule has 0 aromatic carbocycles. The quantitative estimate of drug-likeness (QED) is 0.926. The zero-order chi connectivity index (χ0) is 14.3. The second kappa shape index (κ2) is 4.98. The van der Waals surface area contributed by atoms with Gasteiger partial charge in [-0.1, -0.05) is 0 Å². The number of carbonyl (C=O) groups is 1. The van der Waals surface area contributed by atoms with Crippen molar-refractivity contribution in [3.05, 3.63) is 39.8 Å². The maximum absolute atomic E-state index is 12.6. The van der Waals surface area contributed by atoms with Crippen LogP contribution < -0.4 is 0 Å². The predicted octanol–water partition coefficient (Wildman–Crippen LogP) is 2.52. The number of nitrogens with zero attached hydrogens (tertiary/aromatic N) is 2. The van der Waals surface area contributed by atoms with Crippen molar-refractivity contribution < 1.29 is 4.79 Å². The zero-order valence-corrected chi connectivity index (χ0v) is 12.8. The monoisotopic (exact) mass is 301 g/mol. The van der Waals surface area contributed by atoms with E-state index >= 15 is 0 Å². The van der Waals surface area contributed by atoms with Gasteiger partial charge in [0.05, 0.1) is 12.6 Å². The summed E-state index contributed by atoms with van der Waals surface area (Å²) in [6, 6.07) is 2.05. The van der Waals surface area contributed by atoms with Crippen LogP contribution in [0.1, 0.15) is 36.1 Å². The van der Waals surface area contributed by atoms with Crippen LogP contribution in [0.25, 0.3) is 0 Å². The number of aryl methyl sites for hydroxylation is 1. The number of hydrogen-bond acceptors (Lipinski definition) is 3. The summed E-state index contributed by atoms with van der Waals surface area (Å²) in [6.07, 6.45) is 7.00. The normalized spacial score (nSPS) is 24.5. The third-order valence-corrected chi connectivity index (χ3v) is 5.72. The number of thiophene rings is 1. The number of rotatable bonds is 2. The van der Waals surface area contributed by atoms with E-state index in [9.17, 15) is 4.79 Å². The van der Waals surface area contributed by atoms with Crippen molar-refractivity contribution in [2.24, 2.45) is 0 Å². The van der Waals surface area contributed by atoms with Crippen molar-refractivity contribution in [2.45, 2.75) is 37.5 Å². The number of aromatic amines is 1. The standard InChI is InChI=1S/C16H19N3OS/c20-14(8-12-3-7-21-10-12)19-6-1-4-16(11-19)5-2-13-9-17-18-15(13)16/h3,7,9-10H,1-2,4-6,8,11H2,(H,17,18). The molecule has 1 amide bonds. The lowest BCUT2D eigenvalue weighted by molar-refractivity contribution is -0.132. The summed E-state index contributed by atoms with van der Waals surface area (Å²) in [7, 11) is 0. The first kappa shape index (κ1) is 13.1. The number of likely N-dealkylation sites (tertiary alicyclic amines) is 1. The Kier molecular flexibility index (Phi) is 3.10. The molecule has 0 bridgehead atoms. The molecule has 4 nitrogen and oxygen atoms in total. The zero-order valence-electron chi connectivity index (χ0n) is 12.0. The van der Waals surface area contributed by atoms with Gasteiger partial charge >= 0.3 is 0 Å². The van der Waals surface area contributed by atoms with Gasteiger partial charge in [0.15, 0.2) is 0 Å². The fourth-order valence-electron chi connectivity index (χ4n) is 3.89. The van der Waals surface area contributed by atoms with Gasteiger partial charge in [-0.15, -0.1) is 0 Å². The van der Waals surface area contributed by atoms with E-state index in [-0.39, 0.29) is 11.3 Å². The van der Waals surface area contributed by atoms with Crippen molar-refractivity contribution in [1.82, 2.24) is 15.1 Å². The predicted molar refractivity (Wildman–Crippen MR) is 82.4 cm³/mol. The number of H-pyrrole nitrogens is 1. The number of amides is 1. The lowest BCUT2D eigenvalue weighted by Crippen LogP contribution is -2.48. The molecule has 2 aromatic heterocycles. The van der Waals surface area contributed by atoms with Gasteiger partial charge in [0.25, 0.3) is 0 Å². The molecule has 1 atom stereocenters. The van der Waals surface area contributed by atoms with Crippen molar-refractivity contribution in [3.63, 3.8) is 0 Å². The van der Waals surface area contributed by atoms with Crippen LogP contribution in [-0.2, 0) is 23.1 Å². The molecule has 2 aliphatic rings. The molecule has 1 fully saturated rings. The topological polar surface area (TPSA) is 49.0 Å². The van der Waals surface area contributed by atoms with E-state index in [1.807, 2.05) is 17.6 Å². The fourth-order valence-corrected chi connectivity index (χ4v) is 4.56. The van der Waals surface area contributed by atoms with Crippen LogP contribution >= 0.6 is 11.3 Å². The number of aromatic nitrogens is 2. The van der Waals surface area contributed by atoms with Gasteiger partial charge in [0.1, 0.15) is 0 Å². The minimum absolute atomic E-state index is 0.133. The first-order valence-electron chi connectivity index (χ1n) is 7.58. The summed E-state index contributed by atoms with van der Waals surface area (Å²) in [4.78, 5) is 14.6. The van der Waals surface area contributed by atoms with Crippen LogP contribution in [0.5, 0.6) is 0 Å². The minimum Gasteiger partial charge on any atom is -0.341 e. The Morgan fingerprint density at radius 1 is 1.48 bits per heavy atom. The smallest absolute Gasteiger partial charge is 0.227 e. The number of carbonyl (C=O) groups excluding carboxylic acids is 1. The Hall–Kier alpha value is -1.62. The highest BCUT2D eigenvalue weighted by atomic mass is 32.1. The lowest BCUT2D eigenvalue weighted by atomic mass is 9.77. The highest BCUT2D eigenvalue weighted by Crippen LogP contribution is 2.43. The highest BCUT2D eigenvalue weighted by Gasteiger charge is 2.44. The van der Waals surface area contributed by atoms with E-state index in [0.717, 1.165) is 37.9 Å². The molecule has 1 unspecified atom stereocenters. The third-order valence-electron chi connectivity index (χ3n) is 4.99. The molecular weight excluding hydrogens is 282 g/mol. The maximum Gasteiger partial charge on any atom is 0.227 e. The maximum atomic E-state index is 12.6. The van der Waals surface area contributed by atoms with Gasteiger partial charge in [0, 0.05) is 24.2 Å². The molecule has 21 heavy (non-hydrogen) atoms. The SMILES string of the molecule is O=C(Cc1ccsc1)N1CCCC2(CCc3cn[nH]c32)C1. The largest absolute Gasteiger partial charge is 0.341 e. The third kappa shape index (κ3) is 2.20. The molecule has 2 aromatic rings. The summed E-state index contributed by atoms with van der Waals surface area (Å²) < 4.78 is 0. The first-order valence-corrected chi connectivity index (χ1v) is 8.53. The molecule has 5 heteroatoms. The van der Waals surface area contributed by atoms with Crippen molar-refractivity contribution >= 4 is 17.2 Å². The molecule has 0 radical (unpaired) electrons. The second-order valence-electron chi connectivity index (χ2n) is 6.28. The lowest BCUT2D eigenvalue weighted by Gasteiger charge is -2.40. The van der Waals surface area contributed by atoms with E-state index in [4.69, 9.17) is 0 Å². The Labute approximate surface area is 128 Å². The summed E-state index contributed by atoms with van der Waals surface area (Å²) in [5, 5.41) is 11.5. The van der Waals surface area contributed by atoms with E-state index in [2.05, 4.69) is 20.5 Å². The summed E-state index contributed by atoms with van der Waals surface area (Å²) in [5.74, 6) is 0.264. The average molecular weight is 301 g/mol. The number of fused-ring (bicyclic) bond motifs is 2. The van der Waals surface area contributed by atoms with Crippen LogP contribution in [0.3, 0.4) is 0 Å². The Morgan fingerprint density at radius 3 is 3.29 bits per heavy atom. The minimum atomic E-state index is 0.133. The molecule has 3 heterocycles. The van der Waals surface area contributed by atoms with Gasteiger partial charge in [-0.2, -0.15) is 16.4 Å². The highest BCUT2D eigenvalue weighted by molar-refractivity contribution is 7.07. The van der Waals surface area contributed by atoms with Crippen LogP contribution in [0.15, 0.2) is 23.0 Å². The van der Waals surface area contributed by atoms with Crippen molar-refractivity contribution in [1.29, 1.82) is 0 Å². The van der Waals surface area contributed by atoms with Crippen molar-refractivity contribution in [2.75, 3.05) is 13.1 Å². The fraction of sp³-hybridized carbons (Fsp3) is 0.500. The molecular formula is C16H19N3OS. The molecule has 1 aliphatic heterocycles. The second-order valence-corrected chi connectivity index (χ2v) is 7.06. The molecule has 1 N–H and O–H groups in total. The van der Waals surface area contributed by atoms with Gasteiger partial charge in [-0.25, -0.2) is 0 Å². The van der Waals surface area contributed by atoms with E-state index in [0.29, 0.717) is 6.42 Å². The molecule has 4 rings (SSSR count). The van der Waals surface area contributed by atoms with Crippen molar-refractivity contribution in [3.8, 4) is 0 Å². The first-order chi connectivity index (χ1) is 10.3. The molecule has 1 spiro atoms. The Balaban J connectivity index is 1.52. The van der Waals surface area contributed by atoms with Crippen LogP contribution in [0, 0.1) is 0 Å². The van der Waals surface area contributed by atoms with Gasteiger partial charge < -0.3 is 4.90 Å². The summed E-state index contributed by atoms with van der Waals surface area (Å²) in [5.41, 5.74) is 3.91. The number of hydrogen-bond donors (Lipinski definition) is 1. The Bertz CT molecular complexity index is 648. The van der Waals surface area contributed by atoms with Gasteiger partial charge in [-0.05, 0) is 53.6 Å². The molecule has 1 aliphatic carbocycles. The van der Waals surface area contributed by atoms with Crippen LogP contribution in [0.4, 0.5) is 0 Å². The summed E-state index contributed by atoms with van der Waals surface area (Å²) >= 11 is 1.65. The molecule has 110 valence electrons. The summed E-state index contributed by atoms with van der Waals surface area (Å²) in [6.45, 7) is 1.75. The number of piperidine rings is 1. The van der Waals surface area contributed by atoms with Crippen LogP contribution in [0.2, 0.25) is 0 Å². The van der Waals surface area contributed by atoms with E-state index in [1.165, 1.54) is 17.7 Å². The van der Waals surface area contributed by atoms with Gasteiger partial charge in [-0.3, -0.25) is 9.89 Å². The van der Waals surface area contributed by atoms with E-state index < -0.39 is 0 Å². The number of nitrogens with one attached hydrogen (secondary N) is 1.